The highest BCUT2D eigenvalue weighted by Gasteiger charge is 2.46. The molecule has 7 heteroatoms. The number of nitrogens with zero attached hydrogens (tertiary/aromatic N) is 2. The highest BCUT2D eigenvalue weighted by atomic mass is 16.3. The second-order valence-corrected chi connectivity index (χ2v) is 8.20. The summed E-state index contributed by atoms with van der Waals surface area (Å²) in [6, 6.07) is 4.08. The molecule has 2 amide bonds. The molecule has 148 valence electrons. The summed E-state index contributed by atoms with van der Waals surface area (Å²) >= 11 is 0. The van der Waals surface area contributed by atoms with Crippen LogP contribution in [0.3, 0.4) is 0 Å². The van der Waals surface area contributed by atoms with Crippen molar-refractivity contribution in [2.45, 2.75) is 56.8 Å². The number of hydrogen-bond donors (Lipinski definition) is 2. The molecule has 3 fully saturated rings. The molecule has 0 bridgehead atoms. The molecule has 0 aromatic carbocycles. The molecule has 1 aromatic rings. The lowest BCUT2D eigenvalue weighted by Crippen LogP contribution is -2.50. The number of likely N-dealkylation sites (tertiary alicyclic amines) is 1. The zero-order chi connectivity index (χ0) is 18.8. The van der Waals surface area contributed by atoms with Crippen LogP contribution >= 0.6 is 0 Å². The third kappa shape index (κ3) is 4.35. The number of hydrogen-bond acceptors (Lipinski definition) is 5. The van der Waals surface area contributed by atoms with E-state index in [1.807, 2.05) is 12.1 Å². The molecule has 2 N–H and O–H groups in total. The topological polar surface area (TPSA) is 77.8 Å². The minimum Gasteiger partial charge on any atom is -0.467 e. The molecule has 1 aliphatic carbocycles. The van der Waals surface area contributed by atoms with Crippen LogP contribution in [0, 0.1) is 5.92 Å². The Morgan fingerprint density at radius 1 is 1.37 bits per heavy atom. The molecule has 3 aliphatic rings. The van der Waals surface area contributed by atoms with E-state index in [2.05, 4.69) is 27.5 Å². The second-order valence-electron chi connectivity index (χ2n) is 8.20. The SMILES string of the molecule is CN1[C@@H](CCC(=O)NCc2ccco2)CNC(=O)[C@@H]2[C@@H]1CCN2CC1CC1. The van der Waals surface area contributed by atoms with Crippen LogP contribution in [-0.4, -0.2) is 66.4 Å². The highest BCUT2D eigenvalue weighted by Crippen LogP contribution is 2.34. The summed E-state index contributed by atoms with van der Waals surface area (Å²) in [5.74, 6) is 1.73. The summed E-state index contributed by atoms with van der Waals surface area (Å²) in [5.41, 5.74) is 0. The van der Waals surface area contributed by atoms with Gasteiger partial charge in [-0.2, -0.15) is 0 Å². The van der Waals surface area contributed by atoms with Gasteiger partial charge in [-0.25, -0.2) is 0 Å². The Morgan fingerprint density at radius 3 is 2.96 bits per heavy atom. The van der Waals surface area contributed by atoms with Gasteiger partial charge < -0.3 is 15.1 Å². The lowest BCUT2D eigenvalue weighted by atomic mass is 10.0. The predicted molar refractivity (Wildman–Crippen MR) is 101 cm³/mol. The largest absolute Gasteiger partial charge is 0.467 e. The van der Waals surface area contributed by atoms with Crippen molar-refractivity contribution in [3.8, 4) is 0 Å². The van der Waals surface area contributed by atoms with Crippen LogP contribution in [0.1, 0.15) is 37.9 Å². The molecule has 0 unspecified atom stereocenters. The molecule has 7 nitrogen and oxygen atoms in total. The van der Waals surface area contributed by atoms with Crippen molar-refractivity contribution in [3.05, 3.63) is 24.2 Å². The Bertz CT molecular complexity index is 658. The summed E-state index contributed by atoms with van der Waals surface area (Å²) in [5, 5.41) is 6.03. The first-order valence-corrected chi connectivity index (χ1v) is 10.1. The molecule has 2 saturated heterocycles. The third-order valence-electron chi connectivity index (χ3n) is 6.28. The van der Waals surface area contributed by atoms with Crippen molar-refractivity contribution in [2.75, 3.05) is 26.7 Å². The fraction of sp³-hybridized carbons (Fsp3) is 0.700. The van der Waals surface area contributed by atoms with Gasteiger partial charge in [0.1, 0.15) is 11.8 Å². The van der Waals surface area contributed by atoms with Gasteiger partial charge in [0.2, 0.25) is 11.8 Å². The van der Waals surface area contributed by atoms with Crippen LogP contribution in [0.25, 0.3) is 0 Å². The van der Waals surface area contributed by atoms with E-state index in [0.717, 1.165) is 37.6 Å². The van der Waals surface area contributed by atoms with Gasteiger partial charge in [-0.3, -0.25) is 19.4 Å². The summed E-state index contributed by atoms with van der Waals surface area (Å²) in [6.45, 7) is 3.09. The molecule has 1 aromatic heterocycles. The maximum absolute atomic E-state index is 12.7. The number of fused-ring (bicyclic) bond motifs is 1. The minimum absolute atomic E-state index is 0.0219. The Balaban J connectivity index is 1.30. The van der Waals surface area contributed by atoms with Crippen molar-refractivity contribution in [1.82, 2.24) is 20.4 Å². The van der Waals surface area contributed by atoms with Crippen LogP contribution in [-0.2, 0) is 16.1 Å². The number of carbonyl (C=O) groups is 2. The number of rotatable bonds is 7. The quantitative estimate of drug-likeness (QED) is 0.743. The van der Waals surface area contributed by atoms with E-state index in [1.165, 1.54) is 12.8 Å². The summed E-state index contributed by atoms with van der Waals surface area (Å²) in [6.07, 6.45) is 6.45. The molecular weight excluding hydrogens is 344 g/mol. The maximum atomic E-state index is 12.7. The van der Waals surface area contributed by atoms with Gasteiger partial charge in [0.25, 0.3) is 0 Å². The van der Waals surface area contributed by atoms with Gasteiger partial charge in [-0.1, -0.05) is 0 Å². The van der Waals surface area contributed by atoms with Crippen molar-refractivity contribution in [1.29, 1.82) is 0 Å². The lowest BCUT2D eigenvalue weighted by molar-refractivity contribution is -0.126. The smallest absolute Gasteiger partial charge is 0.239 e. The number of amides is 2. The zero-order valence-corrected chi connectivity index (χ0v) is 16.0. The average Bonchev–Trinajstić information content (AvgIpc) is 3.18. The second kappa shape index (κ2) is 8.02. The fourth-order valence-corrected chi connectivity index (χ4v) is 4.47. The Hall–Kier alpha value is -1.86. The first kappa shape index (κ1) is 18.5. The molecule has 1 saturated carbocycles. The number of likely N-dealkylation sites (N-methyl/N-ethyl adjacent to an activating group) is 1. The Morgan fingerprint density at radius 2 is 2.22 bits per heavy atom. The molecule has 0 radical (unpaired) electrons. The lowest BCUT2D eigenvalue weighted by Gasteiger charge is -2.33. The van der Waals surface area contributed by atoms with E-state index in [-0.39, 0.29) is 29.9 Å². The van der Waals surface area contributed by atoms with Crippen LogP contribution in [0.5, 0.6) is 0 Å². The molecule has 0 spiro atoms. The van der Waals surface area contributed by atoms with Gasteiger partial charge in [-0.05, 0) is 50.8 Å². The maximum Gasteiger partial charge on any atom is 0.239 e. The van der Waals surface area contributed by atoms with Crippen molar-refractivity contribution in [2.24, 2.45) is 5.92 Å². The highest BCUT2D eigenvalue weighted by molar-refractivity contribution is 5.83. The summed E-state index contributed by atoms with van der Waals surface area (Å²) in [7, 11) is 2.12. The molecule has 2 aliphatic heterocycles. The van der Waals surface area contributed by atoms with E-state index >= 15 is 0 Å². The minimum atomic E-state index is -0.0339. The first-order chi connectivity index (χ1) is 13.1. The fourth-order valence-electron chi connectivity index (χ4n) is 4.47. The van der Waals surface area contributed by atoms with Crippen LogP contribution in [0.2, 0.25) is 0 Å². The summed E-state index contributed by atoms with van der Waals surface area (Å²) < 4.78 is 5.24. The molecule has 3 heterocycles. The first-order valence-electron chi connectivity index (χ1n) is 10.1. The van der Waals surface area contributed by atoms with Gasteiger partial charge >= 0.3 is 0 Å². The van der Waals surface area contributed by atoms with Crippen LogP contribution in [0.4, 0.5) is 0 Å². The van der Waals surface area contributed by atoms with E-state index in [4.69, 9.17) is 4.42 Å². The third-order valence-corrected chi connectivity index (χ3v) is 6.28. The van der Waals surface area contributed by atoms with Crippen molar-refractivity contribution < 1.29 is 14.0 Å². The summed E-state index contributed by atoms with van der Waals surface area (Å²) in [4.78, 5) is 29.6. The molecule has 27 heavy (non-hydrogen) atoms. The Kier molecular flexibility index (Phi) is 5.50. The van der Waals surface area contributed by atoms with E-state index in [9.17, 15) is 9.59 Å². The van der Waals surface area contributed by atoms with Crippen molar-refractivity contribution in [3.63, 3.8) is 0 Å². The van der Waals surface area contributed by atoms with Crippen LogP contribution in [0.15, 0.2) is 22.8 Å². The van der Waals surface area contributed by atoms with E-state index < -0.39 is 0 Å². The number of nitrogens with one attached hydrogen (secondary N) is 2. The van der Waals surface area contributed by atoms with Gasteiger partial charge in [0, 0.05) is 38.1 Å². The molecule has 4 rings (SSSR count). The van der Waals surface area contributed by atoms with Gasteiger partial charge in [0.05, 0.1) is 12.8 Å². The predicted octanol–water partition coefficient (Wildman–Crippen LogP) is 0.959. The standard InChI is InChI=1S/C20H30N4O3/c1-23-15(6-7-18(25)21-12-16-3-2-10-27-16)11-22-20(26)19-17(23)8-9-24(19)13-14-4-5-14/h2-3,10,14-15,17,19H,4-9,11-13H2,1H3,(H,21,25)(H,22,26)/t15-,17-,19-/m0/s1. The van der Waals surface area contributed by atoms with E-state index in [0.29, 0.717) is 19.5 Å². The molecule has 3 atom stereocenters. The molecular formula is C20H30N4O3. The van der Waals surface area contributed by atoms with Gasteiger partial charge in [0.15, 0.2) is 0 Å². The van der Waals surface area contributed by atoms with Crippen molar-refractivity contribution >= 4 is 11.8 Å². The average molecular weight is 374 g/mol. The monoisotopic (exact) mass is 374 g/mol. The number of furan rings is 1. The van der Waals surface area contributed by atoms with Gasteiger partial charge in [-0.15, -0.1) is 0 Å². The number of carbonyl (C=O) groups excluding carboxylic acids is 2. The van der Waals surface area contributed by atoms with E-state index in [1.54, 1.807) is 6.26 Å². The normalized spacial score (nSPS) is 29.2. The Labute approximate surface area is 160 Å². The zero-order valence-electron chi connectivity index (χ0n) is 16.0. The van der Waals surface area contributed by atoms with Crippen LogP contribution < -0.4 is 10.6 Å².